The van der Waals surface area contributed by atoms with Gasteiger partial charge in [0.2, 0.25) is 0 Å². The molecule has 0 amide bonds. The van der Waals surface area contributed by atoms with Crippen LogP contribution in [-0.2, 0) is 6.61 Å². The molecular weight excluding hydrogens is 322 g/mol. The molecule has 0 bridgehead atoms. The smallest absolute Gasteiger partial charge is 0.139 e. The van der Waals surface area contributed by atoms with Crippen molar-refractivity contribution < 1.29 is 4.74 Å². The van der Waals surface area contributed by atoms with E-state index in [1.54, 1.807) is 29.5 Å². The summed E-state index contributed by atoms with van der Waals surface area (Å²) >= 11 is 10.9. The molecule has 86 valence electrons. The Hall–Kier alpha value is -1.02. The number of thiophene rings is 1. The molecule has 0 aliphatic carbocycles. The van der Waals surface area contributed by atoms with Gasteiger partial charge in [-0.2, -0.15) is 5.26 Å². The molecule has 1 aromatic heterocycles. The van der Waals surface area contributed by atoms with E-state index in [-0.39, 0.29) is 0 Å². The Morgan fingerprint density at radius 3 is 2.88 bits per heavy atom. The SMILES string of the molecule is N#Cc1c(Cl)cccc1OCc1sccc1Br. The minimum absolute atomic E-state index is 0.377. The van der Waals surface area contributed by atoms with E-state index >= 15 is 0 Å². The van der Waals surface area contributed by atoms with Crippen LogP contribution in [0.25, 0.3) is 0 Å². The van der Waals surface area contributed by atoms with Gasteiger partial charge in [0.25, 0.3) is 0 Å². The zero-order chi connectivity index (χ0) is 12.3. The van der Waals surface area contributed by atoms with Crippen molar-refractivity contribution >= 4 is 38.9 Å². The highest BCUT2D eigenvalue weighted by Crippen LogP contribution is 2.28. The lowest BCUT2D eigenvalue weighted by Crippen LogP contribution is -1.96. The first-order chi connectivity index (χ1) is 8.22. The van der Waals surface area contributed by atoms with E-state index in [0.717, 1.165) is 9.35 Å². The summed E-state index contributed by atoms with van der Waals surface area (Å²) in [5, 5.41) is 11.4. The van der Waals surface area contributed by atoms with E-state index < -0.39 is 0 Å². The molecule has 0 spiro atoms. The summed E-state index contributed by atoms with van der Waals surface area (Å²) in [6.07, 6.45) is 0. The van der Waals surface area contributed by atoms with Crippen LogP contribution < -0.4 is 4.74 Å². The maximum absolute atomic E-state index is 8.99. The van der Waals surface area contributed by atoms with Crippen LogP contribution in [0.1, 0.15) is 10.4 Å². The quantitative estimate of drug-likeness (QED) is 0.824. The highest BCUT2D eigenvalue weighted by Gasteiger charge is 2.09. The molecule has 1 heterocycles. The number of nitrogens with zero attached hydrogens (tertiary/aromatic N) is 1. The summed E-state index contributed by atoms with van der Waals surface area (Å²) in [6.45, 7) is 0.424. The van der Waals surface area contributed by atoms with E-state index in [4.69, 9.17) is 21.6 Å². The van der Waals surface area contributed by atoms with Crippen molar-refractivity contribution in [2.75, 3.05) is 0 Å². The van der Waals surface area contributed by atoms with Gasteiger partial charge in [-0.15, -0.1) is 11.3 Å². The van der Waals surface area contributed by atoms with Crippen LogP contribution in [0.2, 0.25) is 5.02 Å². The van der Waals surface area contributed by atoms with Crippen molar-refractivity contribution in [1.82, 2.24) is 0 Å². The van der Waals surface area contributed by atoms with Crippen molar-refractivity contribution in [2.24, 2.45) is 0 Å². The lowest BCUT2D eigenvalue weighted by molar-refractivity contribution is 0.308. The second-order valence-corrected chi connectivity index (χ2v) is 5.47. The van der Waals surface area contributed by atoms with Crippen LogP contribution >= 0.6 is 38.9 Å². The zero-order valence-electron chi connectivity index (χ0n) is 8.61. The minimum Gasteiger partial charge on any atom is -0.487 e. The van der Waals surface area contributed by atoms with Crippen molar-refractivity contribution in [3.05, 3.63) is 49.6 Å². The second-order valence-electron chi connectivity index (χ2n) is 3.21. The zero-order valence-corrected chi connectivity index (χ0v) is 11.8. The molecule has 0 unspecified atom stereocenters. The average molecular weight is 329 g/mol. The Morgan fingerprint density at radius 1 is 1.41 bits per heavy atom. The Bertz CT molecular complexity index is 576. The van der Waals surface area contributed by atoms with Crippen LogP contribution in [-0.4, -0.2) is 0 Å². The van der Waals surface area contributed by atoms with Gasteiger partial charge in [-0.05, 0) is 39.5 Å². The van der Waals surface area contributed by atoms with Gasteiger partial charge in [-0.1, -0.05) is 17.7 Å². The van der Waals surface area contributed by atoms with Crippen LogP contribution in [0.3, 0.4) is 0 Å². The van der Waals surface area contributed by atoms with E-state index in [1.807, 2.05) is 17.5 Å². The number of ether oxygens (including phenoxy) is 1. The summed E-state index contributed by atoms with van der Waals surface area (Å²) < 4.78 is 6.62. The van der Waals surface area contributed by atoms with Crippen LogP contribution in [0.5, 0.6) is 5.75 Å². The fourth-order valence-electron chi connectivity index (χ4n) is 1.30. The highest BCUT2D eigenvalue weighted by atomic mass is 79.9. The van der Waals surface area contributed by atoms with Gasteiger partial charge in [-0.25, -0.2) is 0 Å². The second kappa shape index (κ2) is 5.54. The molecule has 2 nitrogen and oxygen atoms in total. The standard InChI is InChI=1S/C12H7BrClNOS/c13-9-4-5-17-12(9)7-16-11-3-1-2-10(14)8(11)6-15/h1-5H,7H2. The Morgan fingerprint density at radius 2 is 2.24 bits per heavy atom. The number of hydrogen-bond donors (Lipinski definition) is 0. The molecule has 0 saturated carbocycles. The molecule has 0 radical (unpaired) electrons. The third kappa shape index (κ3) is 2.81. The normalized spacial score (nSPS) is 9.94. The molecule has 0 atom stereocenters. The number of benzene rings is 1. The van der Waals surface area contributed by atoms with E-state index in [0.29, 0.717) is 22.9 Å². The van der Waals surface area contributed by atoms with Crippen molar-refractivity contribution in [1.29, 1.82) is 5.26 Å². The molecule has 0 aliphatic heterocycles. The average Bonchev–Trinajstić information content (AvgIpc) is 2.72. The fraction of sp³-hybridized carbons (Fsp3) is 0.0833. The van der Waals surface area contributed by atoms with E-state index in [2.05, 4.69) is 15.9 Å². The lowest BCUT2D eigenvalue weighted by Gasteiger charge is -2.07. The summed E-state index contributed by atoms with van der Waals surface area (Å²) in [5.41, 5.74) is 0.377. The van der Waals surface area contributed by atoms with Crippen molar-refractivity contribution in [3.63, 3.8) is 0 Å². The number of nitriles is 1. The Labute approximate surface area is 117 Å². The first-order valence-electron chi connectivity index (χ1n) is 4.75. The molecule has 0 fully saturated rings. The summed E-state index contributed by atoms with van der Waals surface area (Å²) in [7, 11) is 0. The predicted molar refractivity (Wildman–Crippen MR) is 72.5 cm³/mol. The van der Waals surface area contributed by atoms with E-state index in [9.17, 15) is 0 Å². The third-order valence-electron chi connectivity index (χ3n) is 2.14. The van der Waals surface area contributed by atoms with Gasteiger partial charge in [-0.3, -0.25) is 0 Å². The topological polar surface area (TPSA) is 33.0 Å². The lowest BCUT2D eigenvalue weighted by atomic mass is 10.2. The van der Waals surface area contributed by atoms with Crippen molar-refractivity contribution in [2.45, 2.75) is 6.61 Å². The van der Waals surface area contributed by atoms with E-state index in [1.165, 1.54) is 0 Å². The maximum atomic E-state index is 8.99. The molecule has 17 heavy (non-hydrogen) atoms. The fourth-order valence-corrected chi connectivity index (χ4v) is 2.89. The molecule has 2 aromatic rings. The Kier molecular flexibility index (Phi) is 4.06. The summed E-state index contributed by atoms with van der Waals surface area (Å²) in [5.74, 6) is 0.514. The van der Waals surface area contributed by atoms with Gasteiger partial charge < -0.3 is 4.74 Å². The third-order valence-corrected chi connectivity index (χ3v) is 4.35. The van der Waals surface area contributed by atoms with Crippen LogP contribution in [0.4, 0.5) is 0 Å². The summed E-state index contributed by atoms with van der Waals surface area (Å²) in [4.78, 5) is 1.08. The predicted octanol–water partition coefficient (Wildman–Crippen LogP) is 4.61. The van der Waals surface area contributed by atoms with Gasteiger partial charge in [0.15, 0.2) is 0 Å². The maximum Gasteiger partial charge on any atom is 0.139 e. The monoisotopic (exact) mass is 327 g/mol. The molecule has 0 aliphatic rings. The molecule has 0 saturated heterocycles. The van der Waals surface area contributed by atoms with Gasteiger partial charge in [0.1, 0.15) is 24.0 Å². The first kappa shape index (κ1) is 12.4. The van der Waals surface area contributed by atoms with Crippen LogP contribution in [0.15, 0.2) is 34.1 Å². The Balaban J connectivity index is 2.18. The van der Waals surface area contributed by atoms with Gasteiger partial charge in [0, 0.05) is 4.47 Å². The van der Waals surface area contributed by atoms with Crippen LogP contribution in [0, 0.1) is 11.3 Å². The first-order valence-corrected chi connectivity index (χ1v) is 6.80. The minimum atomic E-state index is 0.377. The molecule has 0 N–H and O–H groups in total. The molecule has 1 aromatic carbocycles. The number of hydrogen-bond acceptors (Lipinski definition) is 3. The molecule has 5 heteroatoms. The van der Waals surface area contributed by atoms with Crippen molar-refractivity contribution in [3.8, 4) is 11.8 Å². The number of halogens is 2. The highest BCUT2D eigenvalue weighted by molar-refractivity contribution is 9.10. The molecular formula is C12H7BrClNOS. The van der Waals surface area contributed by atoms with Gasteiger partial charge >= 0.3 is 0 Å². The molecule has 2 rings (SSSR count). The largest absolute Gasteiger partial charge is 0.487 e. The van der Waals surface area contributed by atoms with Gasteiger partial charge in [0.05, 0.1) is 9.90 Å². The summed E-state index contributed by atoms with van der Waals surface area (Å²) in [6, 6.07) is 9.19. The number of rotatable bonds is 3.